The molecule has 0 aliphatic rings. The van der Waals surface area contributed by atoms with Crippen LogP contribution < -0.4 is 5.14 Å². The highest BCUT2D eigenvalue weighted by atomic mass is 79.9. The van der Waals surface area contributed by atoms with Crippen molar-refractivity contribution in [3.8, 4) is 16.8 Å². The molecule has 180 valence electrons. The van der Waals surface area contributed by atoms with E-state index < -0.39 is 10.0 Å². The minimum atomic E-state index is -3.86. The molecule has 36 heavy (non-hydrogen) atoms. The van der Waals surface area contributed by atoms with Gasteiger partial charge in [0.1, 0.15) is 5.69 Å². The molecule has 0 atom stereocenters. The van der Waals surface area contributed by atoms with Crippen molar-refractivity contribution in [2.45, 2.75) is 18.2 Å². The lowest BCUT2D eigenvalue weighted by Gasteiger charge is -2.10. The van der Waals surface area contributed by atoms with Gasteiger partial charge in [-0.1, -0.05) is 70.5 Å². The summed E-state index contributed by atoms with van der Waals surface area (Å²) < 4.78 is 26.6. The van der Waals surface area contributed by atoms with Crippen molar-refractivity contribution in [1.82, 2.24) is 9.78 Å². The highest BCUT2D eigenvalue weighted by Crippen LogP contribution is 2.27. The summed E-state index contributed by atoms with van der Waals surface area (Å²) in [5, 5.41) is 12.1. The summed E-state index contributed by atoms with van der Waals surface area (Å²) in [6, 6.07) is 27.7. The van der Waals surface area contributed by atoms with Gasteiger partial charge in [0.15, 0.2) is 5.78 Å². The molecule has 0 radical (unpaired) electrons. The van der Waals surface area contributed by atoms with Gasteiger partial charge in [0, 0.05) is 16.5 Å². The summed E-state index contributed by atoms with van der Waals surface area (Å²) in [5.41, 5.74) is 4.12. The Hall–Kier alpha value is -3.59. The van der Waals surface area contributed by atoms with Gasteiger partial charge >= 0.3 is 0 Å². The van der Waals surface area contributed by atoms with Crippen LogP contribution >= 0.6 is 15.9 Å². The number of nitrogens with two attached hydrogens (primary N) is 1. The summed E-state index contributed by atoms with van der Waals surface area (Å²) >= 11 is 3.50. The SMILES string of the molecule is Cc1cc(C(=O)Cc2ccc(-c3ccccc3S(N)(=O)=O)cc2)n(-c2ccc3cc(Br)ccc3c2)n1. The zero-order valence-electron chi connectivity index (χ0n) is 19.4. The molecule has 0 bridgehead atoms. The van der Waals surface area contributed by atoms with Crippen LogP contribution in [-0.2, 0) is 16.4 Å². The number of carbonyl (C=O) groups is 1. The zero-order valence-corrected chi connectivity index (χ0v) is 21.8. The van der Waals surface area contributed by atoms with Crippen LogP contribution in [0.2, 0.25) is 0 Å². The van der Waals surface area contributed by atoms with E-state index in [2.05, 4.69) is 21.0 Å². The number of rotatable bonds is 6. The second kappa shape index (κ2) is 9.46. The first-order chi connectivity index (χ1) is 17.2. The third-order valence-electron chi connectivity index (χ3n) is 5.97. The van der Waals surface area contributed by atoms with E-state index in [0.29, 0.717) is 16.8 Å². The second-order valence-electron chi connectivity index (χ2n) is 8.60. The van der Waals surface area contributed by atoms with Crippen LogP contribution in [0.25, 0.3) is 27.6 Å². The largest absolute Gasteiger partial charge is 0.292 e. The molecule has 0 saturated heterocycles. The van der Waals surface area contributed by atoms with Crippen LogP contribution in [0.5, 0.6) is 0 Å². The van der Waals surface area contributed by atoms with Crippen LogP contribution in [0, 0.1) is 6.92 Å². The van der Waals surface area contributed by atoms with Crippen molar-refractivity contribution in [2.75, 3.05) is 0 Å². The number of aromatic nitrogens is 2. The number of halogens is 1. The first-order valence-corrected chi connectivity index (χ1v) is 13.5. The molecule has 0 aliphatic heterocycles. The van der Waals surface area contributed by atoms with Crippen molar-refractivity contribution in [2.24, 2.45) is 5.14 Å². The highest BCUT2D eigenvalue weighted by molar-refractivity contribution is 9.10. The van der Waals surface area contributed by atoms with Crippen LogP contribution in [0.3, 0.4) is 0 Å². The fraction of sp³-hybridized carbons (Fsp3) is 0.0714. The van der Waals surface area contributed by atoms with E-state index in [-0.39, 0.29) is 17.1 Å². The molecule has 5 rings (SSSR count). The highest BCUT2D eigenvalue weighted by Gasteiger charge is 2.18. The molecule has 0 saturated carbocycles. The fourth-order valence-electron chi connectivity index (χ4n) is 4.26. The van der Waals surface area contributed by atoms with Crippen molar-refractivity contribution in [3.63, 3.8) is 0 Å². The summed E-state index contributed by atoms with van der Waals surface area (Å²) in [6.45, 7) is 1.86. The van der Waals surface area contributed by atoms with Gasteiger partial charge in [0.05, 0.1) is 16.3 Å². The third kappa shape index (κ3) is 4.88. The van der Waals surface area contributed by atoms with Gasteiger partial charge in [0.2, 0.25) is 10.0 Å². The average Bonchev–Trinajstić information content (AvgIpc) is 3.25. The quantitative estimate of drug-likeness (QED) is 0.264. The number of sulfonamides is 1. The Morgan fingerprint density at radius 2 is 1.61 bits per heavy atom. The molecule has 1 aromatic heterocycles. The number of aryl methyl sites for hydroxylation is 1. The minimum Gasteiger partial charge on any atom is -0.292 e. The van der Waals surface area contributed by atoms with Gasteiger partial charge in [-0.2, -0.15) is 5.10 Å². The molecule has 6 nitrogen and oxygen atoms in total. The molecule has 8 heteroatoms. The molecule has 2 N–H and O–H groups in total. The van der Waals surface area contributed by atoms with Gasteiger partial charge < -0.3 is 0 Å². The Morgan fingerprint density at radius 3 is 2.36 bits per heavy atom. The van der Waals surface area contributed by atoms with E-state index in [4.69, 9.17) is 5.14 Å². The lowest BCUT2D eigenvalue weighted by Crippen LogP contribution is -2.13. The number of benzene rings is 4. The normalized spacial score (nSPS) is 11.6. The predicted octanol–water partition coefficient (Wildman–Crippen LogP) is 5.84. The summed E-state index contributed by atoms with van der Waals surface area (Å²) in [4.78, 5) is 13.4. The second-order valence-corrected chi connectivity index (χ2v) is 11.0. The van der Waals surface area contributed by atoms with Crippen LogP contribution in [-0.4, -0.2) is 24.0 Å². The Balaban J connectivity index is 1.42. The number of fused-ring (bicyclic) bond motifs is 1. The van der Waals surface area contributed by atoms with E-state index >= 15 is 0 Å². The number of ketones is 1. The molecule has 0 amide bonds. The van der Waals surface area contributed by atoms with Gasteiger partial charge in [-0.25, -0.2) is 18.2 Å². The van der Waals surface area contributed by atoms with Gasteiger partial charge in [0.25, 0.3) is 0 Å². The molecule has 4 aromatic carbocycles. The Kier molecular flexibility index (Phi) is 6.34. The molecule has 0 aliphatic carbocycles. The fourth-order valence-corrected chi connectivity index (χ4v) is 5.40. The summed E-state index contributed by atoms with van der Waals surface area (Å²) in [7, 11) is -3.86. The van der Waals surface area contributed by atoms with E-state index in [9.17, 15) is 13.2 Å². The molecule has 0 spiro atoms. The van der Waals surface area contributed by atoms with Crippen LogP contribution in [0.15, 0.2) is 100 Å². The topological polar surface area (TPSA) is 95.0 Å². The predicted molar refractivity (Wildman–Crippen MR) is 145 cm³/mol. The van der Waals surface area contributed by atoms with Crippen molar-refractivity contribution >= 4 is 42.5 Å². The number of hydrogen-bond donors (Lipinski definition) is 1. The number of nitrogens with zero attached hydrogens (tertiary/aromatic N) is 2. The minimum absolute atomic E-state index is 0.0656. The number of hydrogen-bond acceptors (Lipinski definition) is 4. The maximum Gasteiger partial charge on any atom is 0.238 e. The molecule has 0 fully saturated rings. The summed E-state index contributed by atoms with van der Waals surface area (Å²) in [5.74, 6) is -0.0656. The van der Waals surface area contributed by atoms with E-state index in [0.717, 1.165) is 32.2 Å². The standard InChI is InChI=1S/C28H22BrN3O3S/c1-18-14-26(32(31-18)24-13-11-21-16-23(29)12-10-22(21)17-24)27(33)15-19-6-8-20(9-7-19)25-4-2-3-5-28(25)36(30,34)35/h2-14,16-17H,15H2,1H3,(H2,30,34,35). The lowest BCUT2D eigenvalue weighted by molar-refractivity contribution is 0.0985. The van der Waals surface area contributed by atoms with Crippen LogP contribution in [0.4, 0.5) is 0 Å². The average molecular weight is 560 g/mol. The van der Waals surface area contributed by atoms with Gasteiger partial charge in [-0.3, -0.25) is 4.79 Å². The molecular formula is C28H22BrN3O3S. The number of primary sulfonamides is 1. The van der Waals surface area contributed by atoms with E-state index in [1.54, 1.807) is 41.1 Å². The van der Waals surface area contributed by atoms with Gasteiger partial charge in [-0.15, -0.1) is 0 Å². The first-order valence-electron chi connectivity index (χ1n) is 11.2. The number of carbonyl (C=O) groups excluding carboxylic acids is 1. The Labute approximate surface area is 217 Å². The lowest BCUT2D eigenvalue weighted by atomic mass is 10.0. The Bertz CT molecular complexity index is 1730. The molecule has 5 aromatic rings. The van der Waals surface area contributed by atoms with Crippen molar-refractivity contribution in [3.05, 3.63) is 112 Å². The first kappa shape index (κ1) is 24.1. The monoisotopic (exact) mass is 559 g/mol. The Morgan fingerprint density at radius 1 is 0.917 bits per heavy atom. The molecule has 0 unspecified atom stereocenters. The van der Waals surface area contributed by atoms with Crippen molar-refractivity contribution < 1.29 is 13.2 Å². The van der Waals surface area contributed by atoms with E-state index in [1.165, 1.54) is 6.07 Å². The molecular weight excluding hydrogens is 538 g/mol. The smallest absolute Gasteiger partial charge is 0.238 e. The summed E-state index contributed by atoms with van der Waals surface area (Å²) in [6.07, 6.45) is 0.183. The third-order valence-corrected chi connectivity index (χ3v) is 7.43. The van der Waals surface area contributed by atoms with E-state index in [1.807, 2.05) is 55.5 Å². The maximum absolute atomic E-state index is 13.3. The maximum atomic E-state index is 13.3. The van der Waals surface area contributed by atoms with Crippen molar-refractivity contribution in [1.29, 1.82) is 0 Å². The van der Waals surface area contributed by atoms with Crippen LogP contribution in [0.1, 0.15) is 21.7 Å². The molecule has 1 heterocycles. The van der Waals surface area contributed by atoms with Gasteiger partial charge in [-0.05, 0) is 65.2 Å². The number of Topliss-reactive ketones (excluding diaryl/α,β-unsaturated/α-hetero) is 1. The zero-order chi connectivity index (χ0) is 25.4.